The Labute approximate surface area is 157 Å². The SMILES string of the molecule is CCNC(=S)Nc1c(C#N)cnn1-c1cc(C)c2cc(C)cc(C)c2n1. The Hall–Kier alpha value is -2.98. The highest BCUT2D eigenvalue weighted by molar-refractivity contribution is 7.80. The third-order valence-electron chi connectivity index (χ3n) is 4.12. The highest BCUT2D eigenvalue weighted by Crippen LogP contribution is 2.26. The lowest BCUT2D eigenvalue weighted by atomic mass is 10.0. The summed E-state index contributed by atoms with van der Waals surface area (Å²) in [5.74, 6) is 1.15. The molecule has 0 radical (unpaired) electrons. The van der Waals surface area contributed by atoms with E-state index in [9.17, 15) is 5.26 Å². The number of benzene rings is 1. The summed E-state index contributed by atoms with van der Waals surface area (Å²) in [6.45, 7) is 8.83. The van der Waals surface area contributed by atoms with Crippen LogP contribution in [-0.2, 0) is 0 Å². The van der Waals surface area contributed by atoms with Crippen molar-refractivity contribution < 1.29 is 0 Å². The lowest BCUT2D eigenvalue weighted by Crippen LogP contribution is -2.29. The second-order valence-corrected chi connectivity index (χ2v) is 6.60. The van der Waals surface area contributed by atoms with Crippen molar-refractivity contribution in [1.82, 2.24) is 20.1 Å². The first-order valence-corrected chi connectivity index (χ1v) is 8.77. The van der Waals surface area contributed by atoms with Gasteiger partial charge in [0, 0.05) is 11.9 Å². The van der Waals surface area contributed by atoms with E-state index in [4.69, 9.17) is 17.2 Å². The van der Waals surface area contributed by atoms with Crippen molar-refractivity contribution in [2.75, 3.05) is 11.9 Å². The molecule has 2 N–H and O–H groups in total. The zero-order chi connectivity index (χ0) is 18.8. The molecule has 0 saturated heterocycles. The van der Waals surface area contributed by atoms with E-state index in [1.165, 1.54) is 11.8 Å². The van der Waals surface area contributed by atoms with Crippen molar-refractivity contribution in [3.05, 3.63) is 46.6 Å². The Morgan fingerprint density at radius 2 is 2.00 bits per heavy atom. The minimum Gasteiger partial charge on any atom is -0.363 e. The molecule has 132 valence electrons. The molecule has 0 saturated carbocycles. The van der Waals surface area contributed by atoms with Crippen LogP contribution in [0.4, 0.5) is 5.82 Å². The first-order valence-electron chi connectivity index (χ1n) is 8.36. The second kappa shape index (κ2) is 7.10. The molecule has 26 heavy (non-hydrogen) atoms. The standard InChI is InChI=1S/C19H20N6S/c1-5-21-19(26)24-18-14(9-20)10-22-25(18)16-8-12(3)15-7-11(2)6-13(4)17(15)23-16/h6-8,10H,5H2,1-4H3,(H2,21,24,26). The summed E-state index contributed by atoms with van der Waals surface area (Å²) in [5.41, 5.74) is 4.75. The van der Waals surface area contributed by atoms with Gasteiger partial charge < -0.3 is 10.6 Å². The number of anilines is 1. The topological polar surface area (TPSA) is 78.6 Å². The van der Waals surface area contributed by atoms with Gasteiger partial charge in [-0.15, -0.1) is 0 Å². The largest absolute Gasteiger partial charge is 0.363 e. The van der Waals surface area contributed by atoms with Crippen LogP contribution in [0, 0.1) is 32.1 Å². The molecule has 0 amide bonds. The average Bonchev–Trinajstić information content (AvgIpc) is 2.98. The number of rotatable bonds is 3. The zero-order valence-corrected chi connectivity index (χ0v) is 16.0. The van der Waals surface area contributed by atoms with Crippen molar-refractivity contribution >= 4 is 34.1 Å². The number of thiocarbonyl (C=S) groups is 1. The third-order valence-corrected chi connectivity index (χ3v) is 4.36. The molecule has 0 unspecified atom stereocenters. The van der Waals surface area contributed by atoms with Gasteiger partial charge in [-0.05, 0) is 63.2 Å². The number of aryl methyl sites for hydroxylation is 3. The third kappa shape index (κ3) is 3.24. The fourth-order valence-corrected chi connectivity index (χ4v) is 3.21. The van der Waals surface area contributed by atoms with E-state index in [-0.39, 0.29) is 0 Å². The zero-order valence-electron chi connectivity index (χ0n) is 15.2. The summed E-state index contributed by atoms with van der Waals surface area (Å²) < 4.78 is 1.62. The fraction of sp³-hybridized carbons (Fsp3) is 0.263. The fourth-order valence-electron chi connectivity index (χ4n) is 2.97. The van der Waals surface area contributed by atoms with Crippen molar-refractivity contribution in [3.63, 3.8) is 0 Å². The van der Waals surface area contributed by atoms with Crippen LogP contribution in [0.25, 0.3) is 16.7 Å². The summed E-state index contributed by atoms with van der Waals surface area (Å²) >= 11 is 5.26. The van der Waals surface area contributed by atoms with Crippen LogP contribution in [0.2, 0.25) is 0 Å². The first kappa shape index (κ1) is 17.8. The summed E-state index contributed by atoms with van der Waals surface area (Å²) in [6.07, 6.45) is 1.51. The molecule has 3 rings (SSSR count). The summed E-state index contributed by atoms with van der Waals surface area (Å²) in [6, 6.07) is 8.36. The second-order valence-electron chi connectivity index (χ2n) is 6.19. The molecule has 0 fully saturated rings. The van der Waals surface area contributed by atoms with Crippen LogP contribution in [0.1, 0.15) is 29.2 Å². The molecule has 0 atom stereocenters. The molecule has 2 aromatic heterocycles. The van der Waals surface area contributed by atoms with Crippen molar-refractivity contribution in [2.45, 2.75) is 27.7 Å². The molecule has 2 heterocycles. The summed E-state index contributed by atoms with van der Waals surface area (Å²) in [5, 5.41) is 21.4. The van der Waals surface area contributed by atoms with E-state index in [1.54, 1.807) is 4.68 Å². The Kier molecular flexibility index (Phi) is 4.87. The molecule has 0 spiro atoms. The Morgan fingerprint density at radius 1 is 1.23 bits per heavy atom. The highest BCUT2D eigenvalue weighted by atomic mass is 32.1. The average molecular weight is 364 g/mol. The van der Waals surface area contributed by atoms with Crippen molar-refractivity contribution in [3.8, 4) is 11.9 Å². The molecule has 7 heteroatoms. The van der Waals surface area contributed by atoms with Gasteiger partial charge in [-0.3, -0.25) is 0 Å². The minimum atomic E-state index is 0.408. The van der Waals surface area contributed by atoms with Gasteiger partial charge in [0.05, 0.1) is 11.7 Å². The van der Waals surface area contributed by atoms with E-state index < -0.39 is 0 Å². The smallest absolute Gasteiger partial charge is 0.171 e. The van der Waals surface area contributed by atoms with Crippen LogP contribution in [-0.4, -0.2) is 26.4 Å². The monoisotopic (exact) mass is 364 g/mol. The molecular formula is C19H20N6S. The normalized spacial score (nSPS) is 10.6. The molecule has 3 aromatic rings. The number of hydrogen-bond donors (Lipinski definition) is 2. The maximum Gasteiger partial charge on any atom is 0.171 e. The summed E-state index contributed by atoms with van der Waals surface area (Å²) in [4.78, 5) is 4.80. The van der Waals surface area contributed by atoms with E-state index in [0.29, 0.717) is 28.9 Å². The molecule has 0 aliphatic rings. The van der Waals surface area contributed by atoms with Gasteiger partial charge in [-0.1, -0.05) is 11.6 Å². The number of nitrogens with zero attached hydrogens (tertiary/aromatic N) is 4. The quantitative estimate of drug-likeness (QED) is 0.692. The maximum absolute atomic E-state index is 9.40. The molecule has 0 aliphatic carbocycles. The van der Waals surface area contributed by atoms with Gasteiger partial charge in [0.2, 0.25) is 0 Å². The molecule has 0 bridgehead atoms. The number of pyridine rings is 1. The van der Waals surface area contributed by atoms with Gasteiger partial charge in [-0.25, -0.2) is 4.98 Å². The van der Waals surface area contributed by atoms with Crippen LogP contribution >= 0.6 is 12.2 Å². The lowest BCUT2D eigenvalue weighted by molar-refractivity contribution is 0.857. The van der Waals surface area contributed by atoms with E-state index in [0.717, 1.165) is 22.0 Å². The molecule has 6 nitrogen and oxygen atoms in total. The van der Waals surface area contributed by atoms with Crippen LogP contribution in [0.3, 0.4) is 0 Å². The number of nitrogens with one attached hydrogen (secondary N) is 2. The minimum absolute atomic E-state index is 0.408. The number of fused-ring (bicyclic) bond motifs is 1. The van der Waals surface area contributed by atoms with Crippen LogP contribution < -0.4 is 10.6 Å². The van der Waals surface area contributed by atoms with E-state index in [1.807, 2.05) is 13.0 Å². The van der Waals surface area contributed by atoms with E-state index in [2.05, 4.69) is 54.7 Å². The van der Waals surface area contributed by atoms with Gasteiger partial charge in [0.1, 0.15) is 11.6 Å². The van der Waals surface area contributed by atoms with E-state index >= 15 is 0 Å². The number of aromatic nitrogens is 3. The maximum atomic E-state index is 9.40. The first-order chi connectivity index (χ1) is 12.4. The molecular weight excluding hydrogens is 344 g/mol. The van der Waals surface area contributed by atoms with Crippen molar-refractivity contribution in [2.24, 2.45) is 0 Å². The van der Waals surface area contributed by atoms with Crippen molar-refractivity contribution in [1.29, 1.82) is 5.26 Å². The van der Waals surface area contributed by atoms with Gasteiger partial charge in [0.15, 0.2) is 16.7 Å². The molecule has 1 aromatic carbocycles. The Morgan fingerprint density at radius 3 is 2.69 bits per heavy atom. The predicted octanol–water partition coefficient (Wildman–Crippen LogP) is 3.52. The summed E-state index contributed by atoms with van der Waals surface area (Å²) in [7, 11) is 0. The number of hydrogen-bond acceptors (Lipinski definition) is 4. The molecule has 0 aliphatic heterocycles. The predicted molar refractivity (Wildman–Crippen MR) is 108 cm³/mol. The van der Waals surface area contributed by atoms with Gasteiger partial charge in [0.25, 0.3) is 0 Å². The Balaban J connectivity index is 2.17. The van der Waals surface area contributed by atoms with Gasteiger partial charge in [-0.2, -0.15) is 15.0 Å². The highest BCUT2D eigenvalue weighted by Gasteiger charge is 2.16. The van der Waals surface area contributed by atoms with Crippen LogP contribution in [0.5, 0.6) is 0 Å². The Bertz CT molecular complexity index is 1040. The van der Waals surface area contributed by atoms with Gasteiger partial charge >= 0.3 is 0 Å². The lowest BCUT2D eigenvalue weighted by Gasteiger charge is -2.14. The number of nitriles is 1. The van der Waals surface area contributed by atoms with Crippen LogP contribution in [0.15, 0.2) is 24.4 Å².